The van der Waals surface area contributed by atoms with Gasteiger partial charge in [0.15, 0.2) is 10.9 Å². The van der Waals surface area contributed by atoms with E-state index >= 15 is 0 Å². The average molecular weight is 346 g/mol. The second-order valence-corrected chi connectivity index (χ2v) is 8.10. The maximum atomic E-state index is 4.88. The van der Waals surface area contributed by atoms with Crippen molar-refractivity contribution in [2.75, 3.05) is 19.6 Å². The van der Waals surface area contributed by atoms with Gasteiger partial charge in [-0.1, -0.05) is 19.3 Å². The summed E-state index contributed by atoms with van der Waals surface area (Å²) in [7, 11) is 0. The van der Waals surface area contributed by atoms with Gasteiger partial charge in [0, 0.05) is 37.4 Å². The first-order valence-electron chi connectivity index (χ1n) is 9.22. The van der Waals surface area contributed by atoms with Crippen molar-refractivity contribution in [2.45, 2.75) is 52.0 Å². The van der Waals surface area contributed by atoms with E-state index in [0.29, 0.717) is 12.0 Å². The van der Waals surface area contributed by atoms with Crippen LogP contribution in [0.15, 0.2) is 22.8 Å². The molecule has 1 aliphatic carbocycles. The summed E-state index contributed by atoms with van der Waals surface area (Å²) in [6.07, 6.45) is 12.5. The SMILES string of the molecule is CCNC(=NCc1cn2ccsc2n1)N1CCC2(CCCCC2)C1. The van der Waals surface area contributed by atoms with Crippen LogP contribution in [-0.2, 0) is 6.54 Å². The van der Waals surface area contributed by atoms with Gasteiger partial charge in [-0.25, -0.2) is 9.98 Å². The molecule has 0 atom stereocenters. The number of nitrogens with one attached hydrogen (secondary N) is 1. The summed E-state index contributed by atoms with van der Waals surface area (Å²) < 4.78 is 2.08. The maximum absolute atomic E-state index is 4.88. The minimum absolute atomic E-state index is 0.561. The highest BCUT2D eigenvalue weighted by Gasteiger charge is 2.39. The molecule has 4 rings (SSSR count). The summed E-state index contributed by atoms with van der Waals surface area (Å²) in [6.45, 7) is 6.04. The summed E-state index contributed by atoms with van der Waals surface area (Å²) in [5, 5.41) is 5.55. The van der Waals surface area contributed by atoms with Crippen LogP contribution in [0.4, 0.5) is 0 Å². The van der Waals surface area contributed by atoms with Crippen molar-refractivity contribution in [2.24, 2.45) is 10.4 Å². The summed E-state index contributed by atoms with van der Waals surface area (Å²) in [4.78, 5) is 13.0. The predicted octanol–water partition coefficient (Wildman–Crippen LogP) is 3.52. The number of thiazole rings is 1. The zero-order valence-corrected chi connectivity index (χ0v) is 15.3. The first-order chi connectivity index (χ1) is 11.8. The Morgan fingerprint density at radius 1 is 1.33 bits per heavy atom. The molecule has 0 unspecified atom stereocenters. The molecule has 1 N–H and O–H groups in total. The number of imidazole rings is 1. The van der Waals surface area contributed by atoms with Gasteiger partial charge >= 0.3 is 0 Å². The highest BCUT2D eigenvalue weighted by atomic mass is 32.1. The van der Waals surface area contributed by atoms with Crippen molar-refractivity contribution in [3.63, 3.8) is 0 Å². The first-order valence-corrected chi connectivity index (χ1v) is 10.1. The maximum Gasteiger partial charge on any atom is 0.194 e. The van der Waals surface area contributed by atoms with Gasteiger partial charge in [-0.05, 0) is 31.6 Å². The van der Waals surface area contributed by atoms with Gasteiger partial charge in [0.05, 0.1) is 12.2 Å². The van der Waals surface area contributed by atoms with E-state index in [-0.39, 0.29) is 0 Å². The second kappa shape index (κ2) is 6.75. The topological polar surface area (TPSA) is 44.9 Å². The van der Waals surface area contributed by atoms with Crippen LogP contribution in [0, 0.1) is 5.41 Å². The third kappa shape index (κ3) is 3.16. The fraction of sp³-hybridized carbons (Fsp3) is 0.667. The Morgan fingerprint density at radius 2 is 2.21 bits per heavy atom. The molecule has 130 valence electrons. The van der Waals surface area contributed by atoms with Gasteiger partial charge in [-0.2, -0.15) is 0 Å². The normalized spacial score (nSPS) is 21.0. The van der Waals surface area contributed by atoms with Gasteiger partial charge < -0.3 is 10.2 Å². The standard InChI is InChI=1S/C18H27N5S/c1-2-19-16(20-12-15-13-22-10-11-24-17(22)21-15)23-9-8-18(14-23)6-4-3-5-7-18/h10-11,13H,2-9,12,14H2,1H3,(H,19,20). The molecular weight excluding hydrogens is 318 g/mol. The molecule has 0 radical (unpaired) electrons. The number of hydrogen-bond donors (Lipinski definition) is 1. The van der Waals surface area contributed by atoms with E-state index in [1.54, 1.807) is 11.3 Å². The molecule has 2 aromatic rings. The van der Waals surface area contributed by atoms with Crippen molar-refractivity contribution in [3.05, 3.63) is 23.5 Å². The predicted molar refractivity (Wildman–Crippen MR) is 99.6 cm³/mol. The number of nitrogens with zero attached hydrogens (tertiary/aromatic N) is 4. The molecule has 0 bridgehead atoms. The molecule has 1 aliphatic heterocycles. The van der Waals surface area contributed by atoms with Crippen molar-refractivity contribution >= 4 is 22.3 Å². The summed E-state index contributed by atoms with van der Waals surface area (Å²) >= 11 is 1.67. The Kier molecular flexibility index (Phi) is 4.48. The van der Waals surface area contributed by atoms with Gasteiger partial charge in [-0.15, -0.1) is 11.3 Å². The molecule has 1 spiro atoms. The van der Waals surface area contributed by atoms with Crippen molar-refractivity contribution in [1.82, 2.24) is 19.6 Å². The Balaban J connectivity index is 1.46. The van der Waals surface area contributed by atoms with E-state index in [1.165, 1.54) is 45.1 Å². The molecule has 2 fully saturated rings. The molecule has 0 aromatic carbocycles. The van der Waals surface area contributed by atoms with E-state index in [1.807, 2.05) is 0 Å². The summed E-state index contributed by atoms with van der Waals surface area (Å²) in [5.74, 6) is 1.07. The largest absolute Gasteiger partial charge is 0.357 e. The number of aliphatic imine (C=N–C) groups is 1. The van der Waals surface area contributed by atoms with Gasteiger partial charge in [0.1, 0.15) is 0 Å². The van der Waals surface area contributed by atoms with Crippen LogP contribution in [0.1, 0.15) is 51.1 Å². The van der Waals surface area contributed by atoms with Gasteiger partial charge in [0.25, 0.3) is 0 Å². The first kappa shape index (κ1) is 15.9. The lowest BCUT2D eigenvalue weighted by Crippen LogP contribution is -2.41. The lowest BCUT2D eigenvalue weighted by Gasteiger charge is -2.33. The van der Waals surface area contributed by atoms with Gasteiger partial charge in [-0.3, -0.25) is 4.40 Å². The molecule has 0 amide bonds. The fourth-order valence-corrected chi connectivity index (χ4v) is 4.98. The number of rotatable bonds is 3. The van der Waals surface area contributed by atoms with Crippen molar-refractivity contribution in [1.29, 1.82) is 0 Å². The molecule has 1 saturated heterocycles. The molecule has 3 heterocycles. The molecule has 2 aromatic heterocycles. The van der Waals surface area contributed by atoms with Crippen molar-refractivity contribution in [3.8, 4) is 0 Å². The van der Waals surface area contributed by atoms with Crippen LogP contribution < -0.4 is 5.32 Å². The monoisotopic (exact) mass is 345 g/mol. The number of guanidine groups is 1. The Labute approximate surface area is 147 Å². The number of likely N-dealkylation sites (tertiary alicyclic amines) is 1. The number of aromatic nitrogens is 2. The van der Waals surface area contributed by atoms with Crippen LogP contribution in [0.2, 0.25) is 0 Å². The Bertz CT molecular complexity index is 681. The number of hydrogen-bond acceptors (Lipinski definition) is 3. The third-order valence-electron chi connectivity index (χ3n) is 5.52. The molecular formula is C18H27N5S. The Hall–Kier alpha value is -1.56. The zero-order valence-electron chi connectivity index (χ0n) is 14.5. The third-order valence-corrected chi connectivity index (χ3v) is 6.29. The summed E-state index contributed by atoms with van der Waals surface area (Å²) in [5.41, 5.74) is 1.61. The van der Waals surface area contributed by atoms with Crippen LogP contribution in [0.25, 0.3) is 4.96 Å². The highest BCUT2D eigenvalue weighted by molar-refractivity contribution is 7.15. The molecule has 24 heavy (non-hydrogen) atoms. The smallest absolute Gasteiger partial charge is 0.194 e. The van der Waals surface area contributed by atoms with E-state index < -0.39 is 0 Å². The number of fused-ring (bicyclic) bond motifs is 1. The quantitative estimate of drug-likeness (QED) is 0.684. The molecule has 6 heteroatoms. The lowest BCUT2D eigenvalue weighted by atomic mass is 9.73. The Morgan fingerprint density at radius 3 is 3.00 bits per heavy atom. The highest BCUT2D eigenvalue weighted by Crippen LogP contribution is 2.43. The zero-order chi connectivity index (χ0) is 16.4. The minimum Gasteiger partial charge on any atom is -0.357 e. The second-order valence-electron chi connectivity index (χ2n) is 7.23. The molecule has 2 aliphatic rings. The van der Waals surface area contributed by atoms with E-state index in [0.717, 1.165) is 29.7 Å². The van der Waals surface area contributed by atoms with Crippen LogP contribution >= 0.6 is 11.3 Å². The molecule has 5 nitrogen and oxygen atoms in total. The van der Waals surface area contributed by atoms with Crippen LogP contribution in [0.3, 0.4) is 0 Å². The van der Waals surface area contributed by atoms with Crippen molar-refractivity contribution < 1.29 is 0 Å². The van der Waals surface area contributed by atoms with E-state index in [9.17, 15) is 0 Å². The lowest BCUT2D eigenvalue weighted by molar-refractivity contribution is 0.203. The minimum atomic E-state index is 0.561. The summed E-state index contributed by atoms with van der Waals surface area (Å²) in [6, 6.07) is 0. The molecule has 1 saturated carbocycles. The van der Waals surface area contributed by atoms with E-state index in [2.05, 4.69) is 44.3 Å². The van der Waals surface area contributed by atoms with Gasteiger partial charge in [0.2, 0.25) is 0 Å². The fourth-order valence-electron chi connectivity index (χ4n) is 4.26. The van der Waals surface area contributed by atoms with Crippen LogP contribution in [0.5, 0.6) is 0 Å². The average Bonchev–Trinajstić information content (AvgIpc) is 3.27. The van der Waals surface area contributed by atoms with Crippen LogP contribution in [-0.4, -0.2) is 39.9 Å². The van der Waals surface area contributed by atoms with E-state index in [4.69, 9.17) is 4.99 Å².